The van der Waals surface area contributed by atoms with Crippen molar-refractivity contribution in [3.63, 3.8) is 0 Å². The minimum absolute atomic E-state index is 0.651. The fraction of sp³-hybridized carbons (Fsp3) is 0.273. The Morgan fingerprint density at radius 3 is 2.28 bits per heavy atom. The van der Waals surface area contributed by atoms with Crippen LogP contribution in [0.4, 0.5) is 17.3 Å². The van der Waals surface area contributed by atoms with Gasteiger partial charge in [-0.05, 0) is 37.1 Å². The number of hydrogen-bond donors (Lipinski definition) is 2. The molecule has 2 N–H and O–H groups in total. The zero-order valence-corrected chi connectivity index (χ0v) is 17.2. The molecular formula is C22H26N4O3. The van der Waals surface area contributed by atoms with Gasteiger partial charge in [0.05, 0.1) is 21.3 Å². The summed E-state index contributed by atoms with van der Waals surface area (Å²) >= 11 is 0. The first-order chi connectivity index (χ1) is 14.1. The zero-order chi connectivity index (χ0) is 20.6. The number of nitrogens with zero attached hydrogens (tertiary/aromatic N) is 2. The van der Waals surface area contributed by atoms with Crippen molar-refractivity contribution >= 4 is 17.3 Å². The second kappa shape index (κ2) is 9.64. The maximum absolute atomic E-state index is 5.41. The quantitative estimate of drug-likeness (QED) is 0.563. The van der Waals surface area contributed by atoms with Crippen LogP contribution in [0.25, 0.3) is 0 Å². The maximum atomic E-state index is 5.41. The highest BCUT2D eigenvalue weighted by Gasteiger charge is 2.07. The molecule has 1 aromatic heterocycles. The van der Waals surface area contributed by atoms with Crippen LogP contribution in [-0.4, -0.2) is 37.8 Å². The molecule has 0 aliphatic heterocycles. The highest BCUT2D eigenvalue weighted by molar-refractivity contribution is 5.63. The molecule has 0 saturated heterocycles. The van der Waals surface area contributed by atoms with Crippen LogP contribution < -0.4 is 24.8 Å². The van der Waals surface area contributed by atoms with Gasteiger partial charge in [-0.1, -0.05) is 18.2 Å². The van der Waals surface area contributed by atoms with E-state index in [1.807, 2.05) is 49.4 Å². The molecule has 0 aliphatic rings. The number of para-hydroxylation sites is 1. The summed E-state index contributed by atoms with van der Waals surface area (Å²) in [6.45, 7) is 2.60. The van der Waals surface area contributed by atoms with Gasteiger partial charge in [0.1, 0.15) is 23.2 Å². The van der Waals surface area contributed by atoms with Gasteiger partial charge in [-0.3, -0.25) is 0 Å². The molecule has 7 nitrogen and oxygen atoms in total. The van der Waals surface area contributed by atoms with Crippen molar-refractivity contribution in [2.75, 3.05) is 38.5 Å². The van der Waals surface area contributed by atoms with Crippen LogP contribution in [0.1, 0.15) is 11.4 Å². The summed E-state index contributed by atoms with van der Waals surface area (Å²) in [5.41, 5.74) is 2.00. The van der Waals surface area contributed by atoms with E-state index in [4.69, 9.17) is 14.2 Å². The Morgan fingerprint density at radius 1 is 0.793 bits per heavy atom. The lowest BCUT2D eigenvalue weighted by Crippen LogP contribution is -2.09. The number of aryl methyl sites for hydroxylation is 1. The van der Waals surface area contributed by atoms with Gasteiger partial charge in [-0.25, -0.2) is 9.97 Å². The van der Waals surface area contributed by atoms with Crippen molar-refractivity contribution < 1.29 is 14.2 Å². The molecule has 152 valence electrons. The second-order valence-electron chi connectivity index (χ2n) is 6.37. The molecular weight excluding hydrogens is 368 g/mol. The summed E-state index contributed by atoms with van der Waals surface area (Å²) in [6.07, 6.45) is 0.825. The number of methoxy groups -OCH3 is 3. The van der Waals surface area contributed by atoms with Gasteiger partial charge < -0.3 is 24.8 Å². The highest BCUT2D eigenvalue weighted by atomic mass is 16.5. The van der Waals surface area contributed by atoms with Gasteiger partial charge in [-0.2, -0.15) is 0 Å². The molecule has 0 radical (unpaired) electrons. The van der Waals surface area contributed by atoms with Crippen molar-refractivity contribution in [1.29, 1.82) is 0 Å². The topological polar surface area (TPSA) is 77.5 Å². The lowest BCUT2D eigenvalue weighted by Gasteiger charge is -2.13. The first-order valence-corrected chi connectivity index (χ1v) is 9.33. The Balaban J connectivity index is 1.68. The van der Waals surface area contributed by atoms with Crippen LogP contribution in [0.2, 0.25) is 0 Å². The Bertz CT molecular complexity index is 963. The molecule has 0 bridgehead atoms. The highest BCUT2D eigenvalue weighted by Crippen LogP contribution is 2.31. The molecule has 1 heterocycles. The number of nitrogens with one attached hydrogen (secondary N) is 2. The third-order valence-electron chi connectivity index (χ3n) is 4.39. The van der Waals surface area contributed by atoms with Crippen molar-refractivity contribution in [3.8, 4) is 17.2 Å². The molecule has 3 aromatic rings. The largest absolute Gasteiger partial charge is 0.496 e. The number of anilines is 3. The average Bonchev–Trinajstić information content (AvgIpc) is 2.73. The number of hydrogen-bond acceptors (Lipinski definition) is 7. The van der Waals surface area contributed by atoms with E-state index < -0.39 is 0 Å². The summed E-state index contributed by atoms with van der Waals surface area (Å²) in [5, 5.41) is 6.65. The molecule has 0 saturated carbocycles. The van der Waals surface area contributed by atoms with Crippen LogP contribution in [0.5, 0.6) is 17.2 Å². The van der Waals surface area contributed by atoms with Crippen molar-refractivity contribution in [3.05, 3.63) is 59.9 Å². The smallest absolute Gasteiger partial charge is 0.162 e. The van der Waals surface area contributed by atoms with Gasteiger partial charge >= 0.3 is 0 Å². The first kappa shape index (κ1) is 20.3. The second-order valence-corrected chi connectivity index (χ2v) is 6.37. The van der Waals surface area contributed by atoms with E-state index in [1.165, 1.54) is 0 Å². The molecule has 0 unspecified atom stereocenters. The molecule has 7 heteroatoms. The van der Waals surface area contributed by atoms with Gasteiger partial charge in [0.25, 0.3) is 0 Å². The molecule has 0 aliphatic carbocycles. The Labute approximate surface area is 171 Å². The minimum Gasteiger partial charge on any atom is -0.496 e. The van der Waals surface area contributed by atoms with Gasteiger partial charge in [-0.15, -0.1) is 0 Å². The van der Waals surface area contributed by atoms with Crippen LogP contribution in [0.15, 0.2) is 48.5 Å². The van der Waals surface area contributed by atoms with Gasteiger partial charge in [0, 0.05) is 24.4 Å². The van der Waals surface area contributed by atoms with E-state index in [0.29, 0.717) is 23.1 Å². The molecule has 0 atom stereocenters. The molecule has 0 amide bonds. The lowest BCUT2D eigenvalue weighted by molar-refractivity contribution is 0.355. The van der Waals surface area contributed by atoms with E-state index in [1.54, 1.807) is 21.3 Å². The molecule has 3 rings (SSSR count). The number of ether oxygens (including phenoxy) is 3. The minimum atomic E-state index is 0.651. The third-order valence-corrected chi connectivity index (χ3v) is 4.39. The van der Waals surface area contributed by atoms with Crippen LogP contribution >= 0.6 is 0 Å². The standard InChI is InChI=1S/C22H26N4O3/c1-15-24-21(23-12-11-16-7-5-6-8-18(16)27-2)14-22(25-15)26-17-9-10-19(28-3)20(13-17)29-4/h5-10,13-14H,11-12H2,1-4H3,(H2,23,24,25,26). The number of benzene rings is 2. The van der Waals surface area contributed by atoms with Crippen LogP contribution in [0.3, 0.4) is 0 Å². The predicted octanol–water partition coefficient (Wildman–Crippen LogP) is 4.21. The lowest BCUT2D eigenvalue weighted by atomic mass is 10.1. The van der Waals surface area contributed by atoms with E-state index >= 15 is 0 Å². The number of rotatable bonds is 9. The third kappa shape index (κ3) is 5.28. The summed E-state index contributed by atoms with van der Waals surface area (Å²) in [5.74, 6) is 4.35. The normalized spacial score (nSPS) is 10.3. The Kier molecular flexibility index (Phi) is 6.73. The van der Waals surface area contributed by atoms with E-state index in [0.717, 1.165) is 35.8 Å². The first-order valence-electron chi connectivity index (χ1n) is 9.33. The fourth-order valence-corrected chi connectivity index (χ4v) is 3.02. The Hall–Kier alpha value is -3.48. The summed E-state index contributed by atoms with van der Waals surface area (Å²) in [6, 6.07) is 15.5. The van der Waals surface area contributed by atoms with Gasteiger partial charge in [0.15, 0.2) is 11.5 Å². The van der Waals surface area contributed by atoms with Crippen molar-refractivity contribution in [2.24, 2.45) is 0 Å². The maximum Gasteiger partial charge on any atom is 0.162 e. The average molecular weight is 394 g/mol. The van der Waals surface area contributed by atoms with Crippen LogP contribution in [-0.2, 0) is 6.42 Å². The van der Waals surface area contributed by atoms with Crippen molar-refractivity contribution in [2.45, 2.75) is 13.3 Å². The predicted molar refractivity (Wildman–Crippen MR) is 115 cm³/mol. The number of aromatic nitrogens is 2. The fourth-order valence-electron chi connectivity index (χ4n) is 3.02. The summed E-state index contributed by atoms with van der Waals surface area (Å²) in [7, 11) is 4.91. The zero-order valence-electron chi connectivity index (χ0n) is 17.2. The van der Waals surface area contributed by atoms with E-state index in [-0.39, 0.29) is 0 Å². The molecule has 0 fully saturated rings. The van der Waals surface area contributed by atoms with Gasteiger partial charge in [0.2, 0.25) is 0 Å². The molecule has 29 heavy (non-hydrogen) atoms. The molecule has 2 aromatic carbocycles. The molecule has 0 spiro atoms. The van der Waals surface area contributed by atoms with Crippen LogP contribution in [0, 0.1) is 6.92 Å². The van der Waals surface area contributed by atoms with Crippen molar-refractivity contribution in [1.82, 2.24) is 9.97 Å². The summed E-state index contributed by atoms with van der Waals surface area (Å²) < 4.78 is 16.0. The summed E-state index contributed by atoms with van der Waals surface area (Å²) in [4.78, 5) is 8.94. The monoisotopic (exact) mass is 394 g/mol. The van der Waals surface area contributed by atoms with E-state index in [9.17, 15) is 0 Å². The SMILES string of the molecule is COc1ccccc1CCNc1cc(Nc2ccc(OC)c(OC)c2)nc(C)n1. The van der Waals surface area contributed by atoms with E-state index in [2.05, 4.69) is 26.7 Å². The Morgan fingerprint density at radius 2 is 1.52 bits per heavy atom.